The van der Waals surface area contributed by atoms with Crippen molar-refractivity contribution in [2.45, 2.75) is 19.6 Å². The summed E-state index contributed by atoms with van der Waals surface area (Å²) in [5, 5.41) is 3.64. The molecule has 1 aromatic rings. The second-order valence-electron chi connectivity index (χ2n) is 4.96. The topological polar surface area (TPSA) is 57.1 Å². The summed E-state index contributed by atoms with van der Waals surface area (Å²) in [5.74, 6) is -0.0876. The average Bonchev–Trinajstić information content (AvgIpc) is 2.34. The molecule has 5 nitrogen and oxygen atoms in total. The predicted octanol–water partition coefficient (Wildman–Crippen LogP) is 2.96. The summed E-state index contributed by atoms with van der Waals surface area (Å²) < 4.78 is 10.8. The molecule has 0 saturated heterocycles. The van der Waals surface area contributed by atoms with Crippen molar-refractivity contribution in [2.24, 2.45) is 5.16 Å². The Morgan fingerprint density at radius 1 is 1.20 bits per heavy atom. The molecule has 108 valence electrons. The zero-order valence-corrected chi connectivity index (χ0v) is 13.2. The summed E-state index contributed by atoms with van der Waals surface area (Å²) in [6, 6.07) is 8.70. The van der Waals surface area contributed by atoms with Crippen molar-refractivity contribution in [3.8, 4) is 5.75 Å². The van der Waals surface area contributed by atoms with Crippen LogP contribution in [0.4, 0.5) is 0 Å². The summed E-state index contributed by atoms with van der Waals surface area (Å²) in [6.07, 6.45) is 0. The van der Waals surface area contributed by atoms with Gasteiger partial charge in [-0.25, -0.2) is 4.79 Å². The van der Waals surface area contributed by atoms with Crippen LogP contribution in [0.1, 0.15) is 0 Å². The summed E-state index contributed by atoms with van der Waals surface area (Å²) in [7, 11) is -0.549. The molecule has 0 fully saturated rings. The molecule has 0 saturated carbocycles. The molecule has 0 heterocycles. The number of nitrogens with zero attached hydrogens (tertiary/aromatic N) is 1. The Hall–Kier alpha value is -2.08. The van der Waals surface area contributed by atoms with Crippen LogP contribution in [0.5, 0.6) is 5.75 Å². The highest BCUT2D eigenvalue weighted by Gasteiger charge is 2.25. The fraction of sp³-hybridized carbons (Fsp3) is 0.286. The number of rotatable bonds is 6. The van der Waals surface area contributed by atoms with Crippen molar-refractivity contribution < 1.29 is 18.8 Å². The predicted molar refractivity (Wildman–Crippen MR) is 80.1 cm³/mol. The van der Waals surface area contributed by atoms with Crippen LogP contribution in [-0.4, -0.2) is 27.1 Å². The lowest BCUT2D eigenvalue weighted by molar-refractivity contribution is -0.127. The molecule has 0 aliphatic carbocycles. The van der Waals surface area contributed by atoms with Gasteiger partial charge in [0.05, 0.1) is 0 Å². The average molecular weight is 293 g/mol. The number of benzene rings is 1. The highest BCUT2D eigenvalue weighted by Crippen LogP contribution is 2.14. The molecule has 0 spiro atoms. The normalized spacial score (nSPS) is 11.7. The zero-order valence-electron chi connectivity index (χ0n) is 12.2. The lowest BCUT2D eigenvalue weighted by Gasteiger charge is -2.20. The maximum absolute atomic E-state index is 12.1. The summed E-state index contributed by atoms with van der Waals surface area (Å²) in [6.45, 7) is 9.65. The van der Waals surface area contributed by atoms with Crippen LogP contribution >= 0.6 is 0 Å². The first-order valence-electron chi connectivity index (χ1n) is 6.10. The van der Waals surface area contributed by atoms with Gasteiger partial charge in [-0.15, -0.1) is 0 Å². The molecule has 20 heavy (non-hydrogen) atoms. The summed E-state index contributed by atoms with van der Waals surface area (Å²) >= 11 is 0. The fourth-order valence-electron chi connectivity index (χ4n) is 1.36. The van der Waals surface area contributed by atoms with E-state index in [0.717, 1.165) is 0 Å². The SMILES string of the molecule is C=C(O[Si](C)(C)C)/C(=N\OC)C(=O)Oc1ccccc1. The molecule has 6 heteroatoms. The van der Waals surface area contributed by atoms with Gasteiger partial charge in [0.1, 0.15) is 18.6 Å². The third-order valence-corrected chi connectivity index (χ3v) is 2.88. The van der Waals surface area contributed by atoms with Crippen molar-refractivity contribution >= 4 is 20.0 Å². The van der Waals surface area contributed by atoms with Crippen LogP contribution in [0.15, 0.2) is 47.8 Å². The minimum atomic E-state index is -1.89. The van der Waals surface area contributed by atoms with Crippen LogP contribution in [0, 0.1) is 0 Å². The quantitative estimate of drug-likeness (QED) is 0.202. The monoisotopic (exact) mass is 293 g/mol. The molecule has 1 rings (SSSR count). The molecule has 0 atom stereocenters. The van der Waals surface area contributed by atoms with Gasteiger partial charge in [0, 0.05) is 0 Å². The van der Waals surface area contributed by atoms with Gasteiger partial charge < -0.3 is 14.0 Å². The first kappa shape index (κ1) is 16.0. The number of para-hydroxylation sites is 1. The lowest BCUT2D eigenvalue weighted by Crippen LogP contribution is -2.31. The van der Waals surface area contributed by atoms with Crippen molar-refractivity contribution in [3.05, 3.63) is 42.7 Å². The molecule has 0 aromatic heterocycles. The van der Waals surface area contributed by atoms with E-state index in [1.54, 1.807) is 24.3 Å². The van der Waals surface area contributed by atoms with Gasteiger partial charge in [-0.3, -0.25) is 0 Å². The van der Waals surface area contributed by atoms with Crippen LogP contribution < -0.4 is 4.74 Å². The van der Waals surface area contributed by atoms with Gasteiger partial charge in [0.25, 0.3) is 0 Å². The summed E-state index contributed by atoms with van der Waals surface area (Å²) in [5.41, 5.74) is -0.0706. The van der Waals surface area contributed by atoms with E-state index in [1.807, 2.05) is 25.7 Å². The highest BCUT2D eigenvalue weighted by atomic mass is 28.4. The number of ether oxygens (including phenoxy) is 1. The number of esters is 1. The minimum absolute atomic E-state index is 0.0706. The zero-order chi connectivity index (χ0) is 15.2. The maximum Gasteiger partial charge on any atom is 0.369 e. The maximum atomic E-state index is 12.1. The van der Waals surface area contributed by atoms with Crippen LogP contribution in [-0.2, 0) is 14.1 Å². The molecular formula is C14H19NO4Si. The van der Waals surface area contributed by atoms with Crippen molar-refractivity contribution in [1.82, 2.24) is 0 Å². The van der Waals surface area contributed by atoms with Gasteiger partial charge in [-0.05, 0) is 31.8 Å². The van der Waals surface area contributed by atoms with Gasteiger partial charge >= 0.3 is 5.97 Å². The van der Waals surface area contributed by atoms with E-state index in [1.165, 1.54) is 7.11 Å². The van der Waals surface area contributed by atoms with E-state index in [9.17, 15) is 4.79 Å². The van der Waals surface area contributed by atoms with Crippen LogP contribution in [0.3, 0.4) is 0 Å². The van der Waals surface area contributed by atoms with Crippen molar-refractivity contribution in [3.63, 3.8) is 0 Å². The van der Waals surface area contributed by atoms with Crippen LogP contribution in [0.25, 0.3) is 0 Å². The molecule has 0 aliphatic rings. The molecule has 0 radical (unpaired) electrons. The second kappa shape index (κ2) is 6.90. The van der Waals surface area contributed by atoms with Gasteiger partial charge in [0.2, 0.25) is 14.0 Å². The largest absolute Gasteiger partial charge is 0.543 e. The Kier molecular flexibility index (Phi) is 5.51. The minimum Gasteiger partial charge on any atom is -0.543 e. The summed E-state index contributed by atoms with van der Waals surface area (Å²) in [4.78, 5) is 16.7. The van der Waals surface area contributed by atoms with E-state index in [2.05, 4.69) is 16.6 Å². The molecule has 0 N–H and O–H groups in total. The van der Waals surface area contributed by atoms with E-state index >= 15 is 0 Å². The smallest absolute Gasteiger partial charge is 0.369 e. The molecule has 0 unspecified atom stereocenters. The number of oxime groups is 1. The molecular weight excluding hydrogens is 274 g/mol. The number of hydrogen-bond donors (Lipinski definition) is 0. The molecule has 0 amide bonds. The Balaban J connectivity index is 2.84. The third kappa shape index (κ3) is 5.27. The number of carbonyl (C=O) groups excluding carboxylic acids is 1. The Bertz CT molecular complexity index is 506. The fourth-order valence-corrected chi connectivity index (χ4v) is 2.19. The standard InChI is InChI=1S/C14H19NO4Si/c1-11(19-20(3,4)5)13(15-17-2)14(16)18-12-9-7-6-8-10-12/h6-10H,1H2,2-5H3/b15-13+. The molecule has 0 aliphatic heterocycles. The number of carbonyl (C=O) groups is 1. The molecule has 1 aromatic carbocycles. The second-order valence-corrected chi connectivity index (χ2v) is 9.39. The number of hydrogen-bond acceptors (Lipinski definition) is 5. The van der Waals surface area contributed by atoms with Crippen LogP contribution in [0.2, 0.25) is 19.6 Å². The lowest BCUT2D eigenvalue weighted by atomic mass is 10.3. The Morgan fingerprint density at radius 3 is 2.30 bits per heavy atom. The van der Waals surface area contributed by atoms with Crippen molar-refractivity contribution in [2.75, 3.05) is 7.11 Å². The van der Waals surface area contributed by atoms with Crippen molar-refractivity contribution in [1.29, 1.82) is 0 Å². The third-order valence-electron chi connectivity index (χ3n) is 2.02. The van der Waals surface area contributed by atoms with Gasteiger partial charge in [-0.2, -0.15) is 0 Å². The van der Waals surface area contributed by atoms with E-state index < -0.39 is 14.3 Å². The first-order chi connectivity index (χ1) is 9.33. The Morgan fingerprint density at radius 2 is 1.80 bits per heavy atom. The highest BCUT2D eigenvalue weighted by molar-refractivity contribution is 6.70. The van der Waals surface area contributed by atoms with E-state index in [-0.39, 0.29) is 11.5 Å². The van der Waals surface area contributed by atoms with Gasteiger partial charge in [-0.1, -0.05) is 29.9 Å². The first-order valence-corrected chi connectivity index (χ1v) is 9.51. The van der Waals surface area contributed by atoms with E-state index in [4.69, 9.17) is 9.16 Å². The van der Waals surface area contributed by atoms with Gasteiger partial charge in [0.15, 0.2) is 0 Å². The van der Waals surface area contributed by atoms with E-state index in [0.29, 0.717) is 5.75 Å². The Labute approximate surface area is 120 Å². The molecule has 0 bridgehead atoms.